The Balaban J connectivity index is 0.00000544. The molecule has 0 radical (unpaired) electrons. The standard InChI is InChI=1S/C24H40N4O4.HI/c1-19(31-21-10-7-6-8-11-21)18-27-22(25-5)28-15-12-20(13-16-28)30-17-9-14-26-23(29)32-24(2,3)4;/h6-8,10-11,19-20H,9,12-18H2,1-5H3,(H,25,27)(H,26,29);1H. The molecule has 1 aromatic carbocycles. The lowest BCUT2D eigenvalue weighted by Crippen LogP contribution is -2.48. The number of halogens is 1. The number of piperidine rings is 1. The molecule has 1 saturated heterocycles. The van der Waals surface area contributed by atoms with Gasteiger partial charge in [0.1, 0.15) is 17.5 Å². The minimum Gasteiger partial charge on any atom is -0.489 e. The Kier molecular flexibility index (Phi) is 13.5. The zero-order valence-electron chi connectivity index (χ0n) is 20.6. The molecule has 8 nitrogen and oxygen atoms in total. The predicted octanol–water partition coefficient (Wildman–Crippen LogP) is 4.04. The number of rotatable bonds is 9. The first-order chi connectivity index (χ1) is 15.3. The molecule has 9 heteroatoms. The third-order valence-corrected chi connectivity index (χ3v) is 4.92. The Bertz CT molecular complexity index is 704. The molecule has 0 bridgehead atoms. The highest BCUT2D eigenvalue weighted by Crippen LogP contribution is 2.15. The lowest BCUT2D eigenvalue weighted by molar-refractivity contribution is 0.0169. The molecule has 0 saturated carbocycles. The summed E-state index contributed by atoms with van der Waals surface area (Å²) in [4.78, 5) is 18.3. The van der Waals surface area contributed by atoms with Crippen molar-refractivity contribution in [2.24, 2.45) is 4.99 Å². The van der Waals surface area contributed by atoms with Gasteiger partial charge in [0.05, 0.1) is 12.6 Å². The molecular formula is C24H41IN4O4. The van der Waals surface area contributed by atoms with Gasteiger partial charge in [-0.25, -0.2) is 4.79 Å². The summed E-state index contributed by atoms with van der Waals surface area (Å²) >= 11 is 0. The summed E-state index contributed by atoms with van der Waals surface area (Å²) in [6.45, 7) is 11.3. The highest BCUT2D eigenvalue weighted by Gasteiger charge is 2.22. The third-order valence-electron chi connectivity index (χ3n) is 4.92. The van der Waals surface area contributed by atoms with Crippen LogP contribution in [0.2, 0.25) is 0 Å². The minimum atomic E-state index is -0.475. The molecule has 1 heterocycles. The monoisotopic (exact) mass is 576 g/mol. The summed E-state index contributed by atoms with van der Waals surface area (Å²) in [6.07, 6.45) is 2.57. The van der Waals surface area contributed by atoms with Gasteiger partial charge in [0.25, 0.3) is 0 Å². The average Bonchev–Trinajstić information content (AvgIpc) is 2.74. The molecule has 0 aliphatic carbocycles. The van der Waals surface area contributed by atoms with Gasteiger partial charge >= 0.3 is 6.09 Å². The van der Waals surface area contributed by atoms with Crippen LogP contribution in [0.1, 0.15) is 47.0 Å². The Hall–Kier alpha value is -1.75. The van der Waals surface area contributed by atoms with Crippen LogP contribution in [0, 0.1) is 0 Å². The summed E-state index contributed by atoms with van der Waals surface area (Å²) in [5, 5.41) is 6.18. The van der Waals surface area contributed by atoms with E-state index in [0.717, 1.165) is 44.1 Å². The Morgan fingerprint density at radius 1 is 1.18 bits per heavy atom. The zero-order valence-corrected chi connectivity index (χ0v) is 23.0. The fourth-order valence-corrected chi connectivity index (χ4v) is 3.40. The lowest BCUT2D eigenvalue weighted by Gasteiger charge is -2.34. The van der Waals surface area contributed by atoms with Crippen LogP contribution in [0.4, 0.5) is 4.79 Å². The lowest BCUT2D eigenvalue weighted by atomic mass is 10.1. The predicted molar refractivity (Wildman–Crippen MR) is 143 cm³/mol. The topological polar surface area (TPSA) is 84.4 Å². The highest BCUT2D eigenvalue weighted by molar-refractivity contribution is 14.0. The van der Waals surface area contributed by atoms with E-state index >= 15 is 0 Å². The number of amides is 1. The van der Waals surface area contributed by atoms with Crippen molar-refractivity contribution in [2.75, 3.05) is 39.8 Å². The number of ether oxygens (including phenoxy) is 3. The first kappa shape index (κ1) is 29.3. The SMILES string of the molecule is CN=C(NCC(C)Oc1ccccc1)N1CCC(OCCCNC(=O)OC(C)(C)C)CC1.I. The first-order valence-corrected chi connectivity index (χ1v) is 11.5. The molecular weight excluding hydrogens is 535 g/mol. The van der Waals surface area contributed by atoms with E-state index in [1.165, 1.54) is 0 Å². The average molecular weight is 577 g/mol. The maximum Gasteiger partial charge on any atom is 0.407 e. The van der Waals surface area contributed by atoms with Crippen molar-refractivity contribution in [1.29, 1.82) is 0 Å². The molecule has 33 heavy (non-hydrogen) atoms. The zero-order chi connectivity index (χ0) is 23.4. The molecule has 1 atom stereocenters. The molecule has 0 aromatic heterocycles. The molecule has 2 N–H and O–H groups in total. The number of hydrogen-bond donors (Lipinski definition) is 2. The third kappa shape index (κ3) is 12.3. The van der Waals surface area contributed by atoms with Gasteiger partial charge in [0.15, 0.2) is 5.96 Å². The number of benzene rings is 1. The Morgan fingerprint density at radius 3 is 2.45 bits per heavy atom. The second-order valence-corrected chi connectivity index (χ2v) is 9.01. The number of nitrogens with zero attached hydrogens (tertiary/aromatic N) is 2. The Morgan fingerprint density at radius 2 is 1.85 bits per heavy atom. The van der Waals surface area contributed by atoms with Gasteiger partial charge in [-0.1, -0.05) is 18.2 Å². The normalized spacial score (nSPS) is 15.9. The number of carbonyl (C=O) groups is 1. The number of guanidine groups is 1. The van der Waals surface area contributed by atoms with Crippen LogP contribution >= 0.6 is 24.0 Å². The van der Waals surface area contributed by atoms with Gasteiger partial charge in [-0.05, 0) is 59.1 Å². The van der Waals surface area contributed by atoms with Crippen LogP contribution in [0.5, 0.6) is 5.75 Å². The fraction of sp³-hybridized carbons (Fsp3) is 0.667. The summed E-state index contributed by atoms with van der Waals surface area (Å²) in [6, 6.07) is 9.84. The molecule has 1 aromatic rings. The van der Waals surface area contributed by atoms with Crippen LogP contribution in [0.15, 0.2) is 35.3 Å². The van der Waals surface area contributed by atoms with Gasteiger partial charge < -0.3 is 29.7 Å². The minimum absolute atomic E-state index is 0. The fourth-order valence-electron chi connectivity index (χ4n) is 3.40. The first-order valence-electron chi connectivity index (χ1n) is 11.5. The highest BCUT2D eigenvalue weighted by atomic mass is 127. The van der Waals surface area contributed by atoms with Gasteiger partial charge in [0, 0.05) is 33.3 Å². The largest absolute Gasteiger partial charge is 0.489 e. The molecule has 1 unspecified atom stereocenters. The van der Waals surface area contributed by atoms with Crippen LogP contribution in [0.25, 0.3) is 0 Å². The van der Waals surface area contributed by atoms with Crippen molar-refractivity contribution in [1.82, 2.24) is 15.5 Å². The van der Waals surface area contributed by atoms with Crippen molar-refractivity contribution < 1.29 is 19.0 Å². The van der Waals surface area contributed by atoms with E-state index in [4.69, 9.17) is 14.2 Å². The van der Waals surface area contributed by atoms with Gasteiger partial charge in [-0.2, -0.15) is 0 Å². The second kappa shape index (κ2) is 15.2. The van der Waals surface area contributed by atoms with E-state index in [-0.39, 0.29) is 42.3 Å². The molecule has 1 aliphatic rings. The number of aliphatic imine (C=N–C) groups is 1. The number of alkyl carbamates (subject to hydrolysis) is 1. The van der Waals surface area contributed by atoms with E-state index in [0.29, 0.717) is 19.7 Å². The number of para-hydroxylation sites is 1. The van der Waals surface area contributed by atoms with Crippen molar-refractivity contribution in [3.05, 3.63) is 30.3 Å². The van der Waals surface area contributed by atoms with Crippen LogP contribution in [-0.2, 0) is 9.47 Å². The van der Waals surface area contributed by atoms with Gasteiger partial charge in [0.2, 0.25) is 0 Å². The number of carbonyl (C=O) groups excluding carboxylic acids is 1. The van der Waals surface area contributed by atoms with E-state index < -0.39 is 5.60 Å². The number of hydrogen-bond acceptors (Lipinski definition) is 5. The van der Waals surface area contributed by atoms with Crippen molar-refractivity contribution in [3.63, 3.8) is 0 Å². The maximum absolute atomic E-state index is 11.6. The van der Waals surface area contributed by atoms with Gasteiger partial charge in [-0.15, -0.1) is 24.0 Å². The molecule has 1 aliphatic heterocycles. The van der Waals surface area contributed by atoms with Gasteiger partial charge in [-0.3, -0.25) is 4.99 Å². The summed E-state index contributed by atoms with van der Waals surface area (Å²) in [5.41, 5.74) is -0.475. The van der Waals surface area contributed by atoms with E-state index in [9.17, 15) is 4.79 Å². The van der Waals surface area contributed by atoms with Crippen molar-refractivity contribution in [3.8, 4) is 5.75 Å². The molecule has 1 fully saturated rings. The van der Waals surface area contributed by atoms with E-state index in [2.05, 4.69) is 20.5 Å². The van der Waals surface area contributed by atoms with Crippen molar-refractivity contribution >= 4 is 36.0 Å². The quantitative estimate of drug-likeness (QED) is 0.200. The number of nitrogens with one attached hydrogen (secondary N) is 2. The number of likely N-dealkylation sites (tertiary alicyclic amines) is 1. The summed E-state index contributed by atoms with van der Waals surface area (Å²) < 4.78 is 17.1. The summed E-state index contributed by atoms with van der Waals surface area (Å²) in [7, 11) is 1.81. The van der Waals surface area contributed by atoms with Crippen LogP contribution < -0.4 is 15.4 Å². The molecule has 1 amide bonds. The Labute approximate surface area is 215 Å². The summed E-state index contributed by atoms with van der Waals surface area (Å²) in [5.74, 6) is 1.77. The van der Waals surface area contributed by atoms with E-state index in [1.54, 1.807) is 0 Å². The smallest absolute Gasteiger partial charge is 0.407 e. The van der Waals surface area contributed by atoms with Crippen LogP contribution in [-0.4, -0.2) is 74.6 Å². The second-order valence-electron chi connectivity index (χ2n) is 9.01. The van der Waals surface area contributed by atoms with Crippen LogP contribution in [0.3, 0.4) is 0 Å². The molecule has 188 valence electrons. The molecule has 0 spiro atoms. The van der Waals surface area contributed by atoms with E-state index in [1.807, 2.05) is 65.1 Å². The maximum atomic E-state index is 11.6. The van der Waals surface area contributed by atoms with Crippen molar-refractivity contribution in [2.45, 2.75) is 64.8 Å². The molecule has 2 rings (SSSR count).